The Bertz CT molecular complexity index is 377. The van der Waals surface area contributed by atoms with Crippen LogP contribution in [-0.4, -0.2) is 17.5 Å². The molecule has 5 aliphatic rings. The van der Waals surface area contributed by atoms with Gasteiger partial charge in [-0.15, -0.1) is 0 Å². The van der Waals surface area contributed by atoms with Crippen molar-refractivity contribution >= 4 is 0 Å². The van der Waals surface area contributed by atoms with Crippen molar-refractivity contribution in [1.29, 1.82) is 0 Å². The van der Waals surface area contributed by atoms with Gasteiger partial charge in [-0.2, -0.15) is 0 Å². The summed E-state index contributed by atoms with van der Waals surface area (Å²) < 4.78 is 5.83. The van der Waals surface area contributed by atoms with Crippen LogP contribution in [0.1, 0.15) is 46.5 Å². The van der Waals surface area contributed by atoms with Gasteiger partial charge in [0, 0.05) is 17.8 Å². The second kappa shape index (κ2) is 2.75. The summed E-state index contributed by atoms with van der Waals surface area (Å²) >= 11 is 0. The van der Waals surface area contributed by atoms with E-state index >= 15 is 0 Å². The molecule has 0 amide bonds. The Morgan fingerprint density at radius 3 is 2.65 bits per heavy atom. The van der Waals surface area contributed by atoms with Crippen LogP contribution in [-0.2, 0) is 4.74 Å². The van der Waals surface area contributed by atoms with Crippen molar-refractivity contribution in [1.82, 2.24) is 0 Å². The first-order valence-corrected chi connectivity index (χ1v) is 7.27. The first-order chi connectivity index (χ1) is 7.91. The van der Waals surface area contributed by atoms with Gasteiger partial charge in [-0.3, -0.25) is 0 Å². The molecule has 0 aromatic heterocycles. The largest absolute Gasteiger partial charge is 0.365 e. The van der Waals surface area contributed by atoms with Crippen LogP contribution >= 0.6 is 0 Å². The van der Waals surface area contributed by atoms with Crippen LogP contribution in [0.15, 0.2) is 0 Å². The van der Waals surface area contributed by atoms with E-state index in [0.717, 1.165) is 30.8 Å². The third kappa shape index (κ3) is 0.986. The Labute approximate surface area is 104 Å². The van der Waals surface area contributed by atoms with Crippen molar-refractivity contribution in [3.8, 4) is 0 Å². The second-order valence-electron chi connectivity index (χ2n) is 7.86. The van der Waals surface area contributed by atoms with E-state index in [0.29, 0.717) is 16.7 Å². The highest BCUT2D eigenvalue weighted by Gasteiger charge is 2.76. The molecular formula is C15H24O2. The highest BCUT2D eigenvalue weighted by atomic mass is 16.6. The van der Waals surface area contributed by atoms with E-state index in [1.807, 2.05) is 0 Å². The number of aliphatic hydroxyl groups is 1. The maximum Gasteiger partial charge on any atom is 0.168 e. The van der Waals surface area contributed by atoms with Crippen LogP contribution in [0.3, 0.4) is 0 Å². The monoisotopic (exact) mass is 236 g/mol. The molecule has 2 heterocycles. The van der Waals surface area contributed by atoms with Crippen molar-refractivity contribution in [3.05, 3.63) is 0 Å². The quantitative estimate of drug-likeness (QED) is 0.701. The Balaban J connectivity index is 1.82. The van der Waals surface area contributed by atoms with Crippen molar-refractivity contribution < 1.29 is 9.84 Å². The molecule has 0 unspecified atom stereocenters. The predicted octanol–water partition coefficient (Wildman–Crippen LogP) is 2.80. The molecule has 5 bridgehead atoms. The van der Waals surface area contributed by atoms with Gasteiger partial charge in [0.15, 0.2) is 5.79 Å². The molecule has 5 rings (SSSR count). The maximum absolute atomic E-state index is 10.6. The summed E-state index contributed by atoms with van der Waals surface area (Å²) in [5.41, 5.74) is 0.921. The van der Waals surface area contributed by atoms with Gasteiger partial charge in [-0.25, -0.2) is 0 Å². The van der Waals surface area contributed by atoms with Crippen molar-refractivity contribution in [2.24, 2.45) is 34.5 Å². The zero-order valence-electron chi connectivity index (χ0n) is 11.2. The van der Waals surface area contributed by atoms with E-state index < -0.39 is 5.79 Å². The number of rotatable bonds is 0. The summed E-state index contributed by atoms with van der Waals surface area (Å²) in [6.45, 7) is 7.96. The van der Waals surface area contributed by atoms with Crippen LogP contribution in [0.5, 0.6) is 0 Å². The Kier molecular flexibility index (Phi) is 1.75. The third-order valence-corrected chi connectivity index (χ3v) is 6.94. The van der Waals surface area contributed by atoms with E-state index in [1.54, 1.807) is 0 Å². The van der Waals surface area contributed by atoms with Gasteiger partial charge in [-0.1, -0.05) is 27.2 Å². The SMILES string of the molecule is C[C@H]1[C@@H]2[C@@H]3[C@@H]4C[C@@]1(O)OC[C@@]24CCCC3(C)C. The Morgan fingerprint density at radius 2 is 1.94 bits per heavy atom. The molecule has 0 aromatic rings. The molecule has 17 heavy (non-hydrogen) atoms. The molecule has 3 aliphatic carbocycles. The lowest BCUT2D eigenvalue weighted by molar-refractivity contribution is -0.421. The minimum atomic E-state index is -0.784. The fraction of sp³-hybridized carbons (Fsp3) is 1.00. The van der Waals surface area contributed by atoms with E-state index in [9.17, 15) is 5.11 Å². The van der Waals surface area contributed by atoms with Crippen LogP contribution in [0.2, 0.25) is 0 Å². The average molecular weight is 236 g/mol. The van der Waals surface area contributed by atoms with Crippen LogP contribution in [0.25, 0.3) is 0 Å². The van der Waals surface area contributed by atoms with E-state index in [-0.39, 0.29) is 0 Å². The van der Waals surface area contributed by atoms with Gasteiger partial charge in [0.05, 0.1) is 6.61 Å². The normalized spacial score (nSPS) is 62.8. The number of hydrogen-bond acceptors (Lipinski definition) is 2. The van der Waals surface area contributed by atoms with Crippen molar-refractivity contribution in [3.63, 3.8) is 0 Å². The molecule has 5 fully saturated rings. The summed E-state index contributed by atoms with van der Waals surface area (Å²) in [5, 5.41) is 10.6. The van der Waals surface area contributed by atoms with Gasteiger partial charge in [-0.05, 0) is 36.0 Å². The Hall–Kier alpha value is -0.0800. The standard InChI is InChI=1S/C15H24O2/c1-9-11-12-10-7-15(9,16)17-8-14(10,11)6-4-5-13(12,2)3/h9-12,16H,4-8H2,1-3H3/t9-,10-,11+,12-,14+,15+/m0/s1. The molecule has 2 saturated heterocycles. The van der Waals surface area contributed by atoms with Crippen LogP contribution in [0, 0.1) is 34.5 Å². The zero-order valence-corrected chi connectivity index (χ0v) is 11.2. The molecule has 1 spiro atoms. The zero-order chi connectivity index (χ0) is 12.1. The minimum absolute atomic E-state index is 0.337. The maximum atomic E-state index is 10.6. The molecule has 6 atom stereocenters. The van der Waals surface area contributed by atoms with Gasteiger partial charge in [0.2, 0.25) is 0 Å². The molecular weight excluding hydrogens is 212 g/mol. The van der Waals surface area contributed by atoms with Crippen molar-refractivity contribution in [2.45, 2.75) is 52.2 Å². The number of fused-ring (bicyclic) bond motifs is 1. The lowest BCUT2D eigenvalue weighted by atomic mass is 9.33. The highest BCUT2D eigenvalue weighted by Crippen LogP contribution is 2.77. The van der Waals surface area contributed by atoms with E-state index in [2.05, 4.69) is 20.8 Å². The van der Waals surface area contributed by atoms with Crippen molar-refractivity contribution in [2.75, 3.05) is 6.61 Å². The second-order valence-corrected chi connectivity index (χ2v) is 7.86. The summed E-state index contributed by atoms with van der Waals surface area (Å²) in [6.07, 6.45) is 4.95. The number of hydrogen-bond donors (Lipinski definition) is 1. The van der Waals surface area contributed by atoms with Crippen LogP contribution in [0.4, 0.5) is 0 Å². The average Bonchev–Trinajstić information content (AvgIpc) is 2.42. The van der Waals surface area contributed by atoms with Gasteiger partial charge < -0.3 is 9.84 Å². The first-order valence-electron chi connectivity index (χ1n) is 7.27. The predicted molar refractivity (Wildman–Crippen MR) is 65.2 cm³/mol. The minimum Gasteiger partial charge on any atom is -0.365 e. The first kappa shape index (κ1) is 10.8. The smallest absolute Gasteiger partial charge is 0.168 e. The molecule has 3 saturated carbocycles. The molecule has 0 aromatic carbocycles. The lowest BCUT2D eigenvalue weighted by Gasteiger charge is -2.76. The Morgan fingerprint density at radius 1 is 1.18 bits per heavy atom. The molecule has 2 heteroatoms. The number of ether oxygens (including phenoxy) is 1. The third-order valence-electron chi connectivity index (χ3n) is 6.94. The summed E-state index contributed by atoms with van der Waals surface area (Å²) in [4.78, 5) is 0. The van der Waals surface area contributed by atoms with E-state index in [4.69, 9.17) is 4.74 Å². The summed E-state index contributed by atoms with van der Waals surface area (Å²) in [7, 11) is 0. The summed E-state index contributed by atoms with van der Waals surface area (Å²) in [6, 6.07) is 0. The summed E-state index contributed by atoms with van der Waals surface area (Å²) in [5.74, 6) is 1.85. The van der Waals surface area contributed by atoms with E-state index in [1.165, 1.54) is 19.3 Å². The fourth-order valence-corrected chi connectivity index (χ4v) is 6.16. The molecule has 2 nitrogen and oxygen atoms in total. The van der Waals surface area contributed by atoms with Gasteiger partial charge >= 0.3 is 0 Å². The lowest BCUT2D eigenvalue weighted by Crippen LogP contribution is -2.77. The van der Waals surface area contributed by atoms with Gasteiger partial charge in [0.1, 0.15) is 0 Å². The molecule has 2 aliphatic heterocycles. The topological polar surface area (TPSA) is 29.5 Å². The molecule has 96 valence electrons. The van der Waals surface area contributed by atoms with Gasteiger partial charge in [0.25, 0.3) is 0 Å². The highest BCUT2D eigenvalue weighted by molar-refractivity contribution is 5.22. The van der Waals surface area contributed by atoms with Crippen LogP contribution < -0.4 is 0 Å². The fourth-order valence-electron chi connectivity index (χ4n) is 6.16. The molecule has 0 radical (unpaired) electrons. The molecule has 1 N–H and O–H groups in total.